The number of rotatable bonds is 9. The molecule has 2 aromatic rings. The van der Waals surface area contributed by atoms with Crippen LogP contribution in [-0.4, -0.2) is 48.1 Å². The predicted molar refractivity (Wildman–Crippen MR) is 138 cm³/mol. The standard InChI is InChI=1S/C24H23N5O8S/c1-3-34-23(31)21-13(2)26-24(38)27-22(21)15-6-4-5-7-17(15)35-11-20(30)28-25-10-14-8-18-19(37-12-36-18)9-16(14)29(32)33/h4-10,22H,3,11-12H2,1-2H3,(H,28,30)(H2,26,27,38)/t22-/m1/s1. The molecule has 2 aromatic carbocycles. The topological polar surface area (TPSA) is 163 Å². The van der Waals surface area contributed by atoms with Crippen LogP contribution < -0.4 is 30.3 Å². The highest BCUT2D eigenvalue weighted by Gasteiger charge is 2.32. The van der Waals surface area contributed by atoms with E-state index >= 15 is 0 Å². The maximum absolute atomic E-state index is 12.7. The normalized spacial score (nSPS) is 16.1. The molecule has 0 saturated heterocycles. The molecule has 1 atom stereocenters. The first-order valence-electron chi connectivity index (χ1n) is 11.4. The molecule has 0 fully saturated rings. The number of nitrogens with one attached hydrogen (secondary N) is 3. The molecule has 198 valence electrons. The van der Waals surface area contributed by atoms with E-state index in [0.29, 0.717) is 33.4 Å². The second-order valence-corrected chi connectivity index (χ2v) is 8.34. The monoisotopic (exact) mass is 541 g/mol. The number of allylic oxidation sites excluding steroid dienone is 1. The first kappa shape index (κ1) is 26.3. The number of carbonyl (C=O) groups is 2. The van der Waals surface area contributed by atoms with E-state index in [0.717, 1.165) is 6.21 Å². The lowest BCUT2D eigenvalue weighted by Crippen LogP contribution is -2.45. The van der Waals surface area contributed by atoms with Gasteiger partial charge in [-0.2, -0.15) is 5.10 Å². The maximum atomic E-state index is 12.7. The van der Waals surface area contributed by atoms with Crippen molar-refractivity contribution in [2.24, 2.45) is 5.10 Å². The van der Waals surface area contributed by atoms with Crippen LogP contribution in [0.15, 0.2) is 52.8 Å². The van der Waals surface area contributed by atoms with Gasteiger partial charge >= 0.3 is 5.97 Å². The third kappa shape index (κ3) is 5.81. The van der Waals surface area contributed by atoms with Crippen molar-refractivity contribution >= 4 is 41.1 Å². The van der Waals surface area contributed by atoms with Gasteiger partial charge in [-0.05, 0) is 38.2 Å². The number of benzene rings is 2. The predicted octanol–water partition coefficient (Wildman–Crippen LogP) is 2.21. The summed E-state index contributed by atoms with van der Waals surface area (Å²) in [5, 5.41) is 21.5. The number of hydrogen-bond acceptors (Lipinski definition) is 10. The summed E-state index contributed by atoms with van der Waals surface area (Å²) in [7, 11) is 0. The number of thiocarbonyl (C=S) groups is 1. The average Bonchev–Trinajstić information content (AvgIpc) is 3.34. The number of fused-ring (bicyclic) bond motifs is 1. The molecule has 1 amide bonds. The van der Waals surface area contributed by atoms with Crippen molar-refractivity contribution in [2.45, 2.75) is 19.9 Å². The Labute approximate surface area is 221 Å². The van der Waals surface area contributed by atoms with Gasteiger partial charge in [0.05, 0.1) is 41.0 Å². The molecule has 0 radical (unpaired) electrons. The zero-order valence-electron chi connectivity index (χ0n) is 20.3. The highest BCUT2D eigenvalue weighted by molar-refractivity contribution is 7.80. The van der Waals surface area contributed by atoms with Gasteiger partial charge in [0.15, 0.2) is 23.2 Å². The van der Waals surface area contributed by atoms with E-state index < -0.39 is 29.4 Å². The molecule has 2 aliphatic heterocycles. The van der Waals surface area contributed by atoms with Crippen LogP contribution in [0.4, 0.5) is 5.69 Å². The van der Waals surface area contributed by atoms with E-state index in [2.05, 4.69) is 21.2 Å². The number of esters is 1. The van der Waals surface area contributed by atoms with Gasteiger partial charge in [0.2, 0.25) is 6.79 Å². The summed E-state index contributed by atoms with van der Waals surface area (Å²) in [6.45, 7) is 3.15. The first-order valence-corrected chi connectivity index (χ1v) is 11.8. The van der Waals surface area contributed by atoms with Gasteiger partial charge < -0.3 is 29.6 Å². The number of para-hydroxylation sites is 1. The molecule has 4 rings (SSSR count). The Kier molecular flexibility index (Phi) is 8.01. The van der Waals surface area contributed by atoms with Crippen molar-refractivity contribution in [1.29, 1.82) is 0 Å². The summed E-state index contributed by atoms with van der Waals surface area (Å²) in [5.41, 5.74) is 3.56. The third-order valence-corrected chi connectivity index (χ3v) is 5.68. The molecule has 3 N–H and O–H groups in total. The fourth-order valence-corrected chi connectivity index (χ4v) is 4.09. The Hall–Kier alpha value is -4.72. The Morgan fingerprint density at radius 1 is 1.29 bits per heavy atom. The van der Waals surface area contributed by atoms with E-state index in [-0.39, 0.29) is 30.4 Å². The lowest BCUT2D eigenvalue weighted by molar-refractivity contribution is -0.385. The van der Waals surface area contributed by atoms with E-state index in [1.807, 2.05) is 0 Å². The van der Waals surface area contributed by atoms with Crippen LogP contribution in [0.5, 0.6) is 17.2 Å². The molecule has 0 aromatic heterocycles. The number of nitro benzene ring substituents is 1. The van der Waals surface area contributed by atoms with Gasteiger partial charge in [-0.15, -0.1) is 0 Å². The Bertz CT molecular complexity index is 1360. The minimum atomic E-state index is -0.674. The third-order valence-electron chi connectivity index (χ3n) is 5.46. The highest BCUT2D eigenvalue weighted by atomic mass is 32.1. The van der Waals surface area contributed by atoms with Crippen LogP contribution in [0.2, 0.25) is 0 Å². The smallest absolute Gasteiger partial charge is 0.338 e. The van der Waals surface area contributed by atoms with Crippen LogP contribution in [0, 0.1) is 10.1 Å². The van der Waals surface area contributed by atoms with Crippen LogP contribution in [0.3, 0.4) is 0 Å². The molecule has 14 heteroatoms. The van der Waals surface area contributed by atoms with Crippen LogP contribution in [0.25, 0.3) is 0 Å². The number of hydrogen-bond donors (Lipinski definition) is 3. The fraction of sp³-hybridized carbons (Fsp3) is 0.250. The SMILES string of the molecule is CCOC(=O)C1=C(C)NC(=S)N[C@@H]1c1ccccc1OCC(=O)NN=Cc1cc2c(cc1[N+](=O)[O-])OCO2. The molecule has 2 heterocycles. The average molecular weight is 542 g/mol. The van der Waals surface area contributed by atoms with Crippen molar-refractivity contribution < 1.29 is 33.5 Å². The van der Waals surface area contributed by atoms with Crippen molar-refractivity contribution in [3.8, 4) is 17.2 Å². The lowest BCUT2D eigenvalue weighted by atomic mass is 9.95. The van der Waals surface area contributed by atoms with E-state index in [9.17, 15) is 19.7 Å². The largest absolute Gasteiger partial charge is 0.483 e. The highest BCUT2D eigenvalue weighted by Crippen LogP contribution is 2.37. The van der Waals surface area contributed by atoms with Crippen LogP contribution in [-0.2, 0) is 14.3 Å². The molecular weight excluding hydrogens is 518 g/mol. The minimum Gasteiger partial charge on any atom is -0.483 e. The Morgan fingerprint density at radius 2 is 2.03 bits per heavy atom. The fourth-order valence-electron chi connectivity index (χ4n) is 3.81. The summed E-state index contributed by atoms with van der Waals surface area (Å²) < 4.78 is 21.3. The van der Waals surface area contributed by atoms with E-state index in [4.69, 9.17) is 31.2 Å². The molecule has 13 nitrogen and oxygen atoms in total. The first-order chi connectivity index (χ1) is 18.3. The molecule has 0 aliphatic carbocycles. The van der Waals surface area contributed by atoms with Gasteiger partial charge in [-0.1, -0.05) is 18.2 Å². The molecule has 0 unspecified atom stereocenters. The Balaban J connectivity index is 1.46. The summed E-state index contributed by atoms with van der Waals surface area (Å²) >= 11 is 5.27. The van der Waals surface area contributed by atoms with Gasteiger partial charge in [0, 0.05) is 11.3 Å². The van der Waals surface area contributed by atoms with Gasteiger partial charge in [-0.3, -0.25) is 14.9 Å². The van der Waals surface area contributed by atoms with Crippen molar-refractivity contribution in [1.82, 2.24) is 16.1 Å². The molecule has 0 saturated carbocycles. The molecule has 0 bridgehead atoms. The minimum absolute atomic E-state index is 0.0437. The van der Waals surface area contributed by atoms with Gasteiger partial charge in [-0.25, -0.2) is 10.2 Å². The van der Waals surface area contributed by atoms with Crippen LogP contribution in [0.1, 0.15) is 31.0 Å². The number of nitro groups is 1. The number of amides is 1. The van der Waals surface area contributed by atoms with Crippen molar-refractivity contribution in [3.05, 3.63) is 68.9 Å². The van der Waals surface area contributed by atoms with Crippen molar-refractivity contribution in [3.63, 3.8) is 0 Å². The zero-order chi connectivity index (χ0) is 27.2. The zero-order valence-corrected chi connectivity index (χ0v) is 21.1. The van der Waals surface area contributed by atoms with Gasteiger partial charge in [0.1, 0.15) is 5.75 Å². The van der Waals surface area contributed by atoms with Gasteiger partial charge in [0.25, 0.3) is 11.6 Å². The van der Waals surface area contributed by atoms with E-state index in [1.54, 1.807) is 38.1 Å². The second-order valence-electron chi connectivity index (χ2n) is 7.93. The Morgan fingerprint density at radius 3 is 2.76 bits per heavy atom. The van der Waals surface area contributed by atoms with E-state index in [1.165, 1.54) is 12.1 Å². The molecular formula is C24H23N5O8S. The number of ether oxygens (including phenoxy) is 4. The molecule has 2 aliphatic rings. The number of hydrazone groups is 1. The quantitative estimate of drug-likeness (QED) is 0.140. The summed E-state index contributed by atoms with van der Waals surface area (Å²) in [4.78, 5) is 35.8. The molecule has 0 spiro atoms. The number of carbonyl (C=O) groups excluding carboxylic acids is 2. The second kappa shape index (κ2) is 11.6. The summed E-state index contributed by atoms with van der Waals surface area (Å²) in [5.74, 6) is -0.219. The number of nitrogens with zero attached hydrogens (tertiary/aromatic N) is 2. The lowest BCUT2D eigenvalue weighted by Gasteiger charge is -2.30. The van der Waals surface area contributed by atoms with Crippen LogP contribution >= 0.6 is 12.2 Å². The summed E-state index contributed by atoms with van der Waals surface area (Å²) in [6, 6.07) is 8.81. The van der Waals surface area contributed by atoms with Crippen molar-refractivity contribution in [2.75, 3.05) is 20.0 Å². The summed E-state index contributed by atoms with van der Waals surface area (Å²) in [6.07, 6.45) is 1.13. The maximum Gasteiger partial charge on any atom is 0.338 e. The molecule has 38 heavy (non-hydrogen) atoms.